The Labute approximate surface area is 114 Å². The van der Waals surface area contributed by atoms with Gasteiger partial charge in [0.15, 0.2) is 0 Å². The van der Waals surface area contributed by atoms with Crippen molar-refractivity contribution in [3.63, 3.8) is 0 Å². The standard InChI is InChI=1S/C13H12N3.W/c1-8-4-11-12(5-9(8)2)16-7-15-10(3)13(16)6-14-11;/h4-5,7H,1-3H3;/q-1;. The molecule has 86 valence electrons. The molecule has 2 aromatic heterocycles. The van der Waals surface area contributed by atoms with E-state index in [1.54, 1.807) is 0 Å². The minimum absolute atomic E-state index is 0. The second kappa shape index (κ2) is 4.23. The van der Waals surface area contributed by atoms with Gasteiger partial charge in [-0.3, -0.25) is 0 Å². The number of fused-ring (bicyclic) bond motifs is 3. The molecule has 0 aliphatic rings. The summed E-state index contributed by atoms with van der Waals surface area (Å²) in [6, 6.07) is 4.25. The minimum atomic E-state index is 0. The molecule has 2 heterocycles. The Morgan fingerprint density at radius 2 is 1.82 bits per heavy atom. The number of rotatable bonds is 0. The molecule has 3 nitrogen and oxygen atoms in total. The number of benzene rings is 1. The first-order valence-corrected chi connectivity index (χ1v) is 5.29. The fourth-order valence-corrected chi connectivity index (χ4v) is 1.94. The number of hydrogen-bond donors (Lipinski definition) is 0. The summed E-state index contributed by atoms with van der Waals surface area (Å²) in [4.78, 5) is 8.65. The summed E-state index contributed by atoms with van der Waals surface area (Å²) in [5.41, 5.74) is 6.51. The van der Waals surface area contributed by atoms with Gasteiger partial charge in [-0.15, -0.1) is 0 Å². The summed E-state index contributed by atoms with van der Waals surface area (Å²) < 4.78 is 2.05. The quantitative estimate of drug-likeness (QED) is 0.549. The van der Waals surface area contributed by atoms with Crippen molar-refractivity contribution in [2.24, 2.45) is 0 Å². The molecule has 0 bridgehead atoms. The third-order valence-corrected chi connectivity index (χ3v) is 3.08. The molecule has 4 heteroatoms. The van der Waals surface area contributed by atoms with Crippen molar-refractivity contribution in [2.45, 2.75) is 20.8 Å². The number of hydrogen-bond acceptors (Lipinski definition) is 2. The fraction of sp³-hybridized carbons (Fsp3) is 0.231. The first-order chi connectivity index (χ1) is 7.66. The molecule has 0 N–H and O–H groups in total. The molecule has 0 spiro atoms. The Bertz CT molecular complexity index is 701. The summed E-state index contributed by atoms with van der Waals surface area (Å²) >= 11 is 0. The average molecular weight is 394 g/mol. The average Bonchev–Trinajstić information content (AvgIpc) is 2.63. The predicted molar refractivity (Wildman–Crippen MR) is 63.5 cm³/mol. The number of nitrogens with zero attached hydrogens (tertiary/aromatic N) is 3. The van der Waals surface area contributed by atoms with Crippen molar-refractivity contribution >= 4 is 16.6 Å². The molecule has 0 aliphatic heterocycles. The molecule has 3 aromatic rings. The Morgan fingerprint density at radius 3 is 2.59 bits per heavy atom. The third kappa shape index (κ3) is 1.79. The van der Waals surface area contributed by atoms with E-state index in [2.05, 4.69) is 42.1 Å². The molecule has 1 aromatic carbocycles. The van der Waals surface area contributed by atoms with Gasteiger partial charge in [-0.1, -0.05) is 24.8 Å². The van der Waals surface area contributed by atoms with Gasteiger partial charge in [-0.2, -0.15) is 0 Å². The molecular formula is C13H12N3W-. The smallest absolute Gasteiger partial charge is 0.0834 e. The third-order valence-electron chi connectivity index (χ3n) is 3.08. The molecule has 0 aliphatic carbocycles. The largest absolute Gasteiger partial charge is 0.381 e. The maximum atomic E-state index is 4.36. The van der Waals surface area contributed by atoms with E-state index >= 15 is 0 Å². The molecule has 0 fully saturated rings. The van der Waals surface area contributed by atoms with Gasteiger partial charge < -0.3 is 14.4 Å². The van der Waals surface area contributed by atoms with Gasteiger partial charge in [0.2, 0.25) is 0 Å². The monoisotopic (exact) mass is 394 g/mol. The van der Waals surface area contributed by atoms with Gasteiger partial charge in [0.1, 0.15) is 0 Å². The molecule has 0 amide bonds. The minimum Gasteiger partial charge on any atom is -0.381 e. The van der Waals surface area contributed by atoms with E-state index in [9.17, 15) is 0 Å². The normalized spacial score (nSPS) is 10.8. The van der Waals surface area contributed by atoms with E-state index in [-0.39, 0.29) is 21.1 Å². The molecule has 0 radical (unpaired) electrons. The van der Waals surface area contributed by atoms with E-state index in [4.69, 9.17) is 0 Å². The van der Waals surface area contributed by atoms with Crippen LogP contribution in [-0.4, -0.2) is 14.4 Å². The van der Waals surface area contributed by atoms with Crippen molar-refractivity contribution < 1.29 is 21.1 Å². The fourth-order valence-electron chi connectivity index (χ4n) is 1.94. The van der Waals surface area contributed by atoms with Crippen molar-refractivity contribution in [1.29, 1.82) is 0 Å². The van der Waals surface area contributed by atoms with Gasteiger partial charge in [-0.25, -0.2) is 0 Å². The van der Waals surface area contributed by atoms with Crippen LogP contribution in [0.25, 0.3) is 16.6 Å². The SMILES string of the molecule is Cc1cc2n[c-]c3c(C)ncn3c2cc1C.[W]. The molecule has 0 saturated heterocycles. The molecule has 0 atom stereocenters. The summed E-state index contributed by atoms with van der Waals surface area (Å²) in [7, 11) is 0. The number of aryl methyl sites for hydroxylation is 3. The second-order valence-electron chi connectivity index (χ2n) is 4.20. The van der Waals surface area contributed by atoms with Crippen LogP contribution >= 0.6 is 0 Å². The van der Waals surface area contributed by atoms with E-state index in [0.29, 0.717) is 0 Å². The van der Waals surface area contributed by atoms with Crippen LogP contribution in [0.4, 0.5) is 0 Å². The Morgan fingerprint density at radius 1 is 1.12 bits per heavy atom. The summed E-state index contributed by atoms with van der Waals surface area (Å²) in [5.74, 6) is 0. The van der Waals surface area contributed by atoms with Gasteiger partial charge in [0.25, 0.3) is 0 Å². The van der Waals surface area contributed by atoms with Crippen LogP contribution in [0.2, 0.25) is 0 Å². The van der Waals surface area contributed by atoms with Gasteiger partial charge in [-0.05, 0) is 42.2 Å². The molecule has 17 heavy (non-hydrogen) atoms. The maximum absolute atomic E-state index is 4.36. The number of imidazole rings is 1. The van der Waals surface area contributed by atoms with Crippen LogP contribution in [-0.2, 0) is 21.1 Å². The van der Waals surface area contributed by atoms with E-state index < -0.39 is 0 Å². The van der Waals surface area contributed by atoms with Crippen LogP contribution in [0.5, 0.6) is 0 Å². The summed E-state index contributed by atoms with van der Waals surface area (Å²) in [6.45, 7) is 6.18. The zero-order chi connectivity index (χ0) is 11.3. The zero-order valence-electron chi connectivity index (χ0n) is 9.98. The summed E-state index contributed by atoms with van der Waals surface area (Å²) in [5, 5.41) is 0. The summed E-state index contributed by atoms with van der Waals surface area (Å²) in [6.07, 6.45) is 4.87. The molecular weight excluding hydrogens is 382 g/mol. The second-order valence-corrected chi connectivity index (χ2v) is 4.20. The maximum Gasteiger partial charge on any atom is 0.0834 e. The Hall–Kier alpha value is -1.21. The first-order valence-electron chi connectivity index (χ1n) is 5.29. The molecule has 0 unspecified atom stereocenters. The van der Waals surface area contributed by atoms with Gasteiger partial charge >= 0.3 is 0 Å². The van der Waals surface area contributed by atoms with E-state index in [0.717, 1.165) is 22.2 Å². The van der Waals surface area contributed by atoms with E-state index in [1.807, 2.05) is 17.7 Å². The van der Waals surface area contributed by atoms with Crippen molar-refractivity contribution in [3.8, 4) is 0 Å². The first kappa shape index (κ1) is 12.3. The van der Waals surface area contributed by atoms with Crippen LogP contribution in [0.3, 0.4) is 0 Å². The molecule has 0 saturated carbocycles. The van der Waals surface area contributed by atoms with Crippen LogP contribution < -0.4 is 0 Å². The topological polar surface area (TPSA) is 30.2 Å². The predicted octanol–water partition coefficient (Wildman–Crippen LogP) is 2.61. The van der Waals surface area contributed by atoms with E-state index in [1.165, 1.54) is 11.1 Å². The number of aromatic nitrogens is 3. The van der Waals surface area contributed by atoms with Gasteiger partial charge in [0.05, 0.1) is 6.33 Å². The van der Waals surface area contributed by atoms with Gasteiger partial charge in [0, 0.05) is 26.6 Å². The zero-order valence-corrected chi connectivity index (χ0v) is 12.9. The van der Waals surface area contributed by atoms with Crippen molar-refractivity contribution in [3.05, 3.63) is 41.5 Å². The van der Waals surface area contributed by atoms with Crippen LogP contribution in [0, 0.1) is 27.0 Å². The Kier molecular flexibility index (Phi) is 3.05. The van der Waals surface area contributed by atoms with Crippen LogP contribution in [0.15, 0.2) is 18.5 Å². The molecule has 3 rings (SSSR count). The van der Waals surface area contributed by atoms with Crippen molar-refractivity contribution in [2.75, 3.05) is 0 Å². The van der Waals surface area contributed by atoms with Crippen LogP contribution in [0.1, 0.15) is 16.8 Å². The Balaban J connectivity index is 0.00000108. The van der Waals surface area contributed by atoms with Crippen molar-refractivity contribution in [1.82, 2.24) is 14.4 Å².